The van der Waals surface area contributed by atoms with E-state index in [-0.39, 0.29) is 17.5 Å². The lowest BCUT2D eigenvalue weighted by Crippen LogP contribution is -2.37. The van der Waals surface area contributed by atoms with Gasteiger partial charge in [-0.25, -0.2) is 0 Å². The Balaban J connectivity index is 3.10. The molecule has 1 aromatic rings. The van der Waals surface area contributed by atoms with Crippen LogP contribution in [0.15, 0.2) is 0 Å². The van der Waals surface area contributed by atoms with Crippen LogP contribution in [0.4, 0.5) is 19.0 Å². The molecule has 0 aliphatic carbocycles. The van der Waals surface area contributed by atoms with Crippen molar-refractivity contribution < 1.29 is 18.3 Å². The molecule has 0 aliphatic rings. The lowest BCUT2D eigenvalue weighted by molar-refractivity contribution is -0.120. The molecular formula is C10H13ClF3N3O. The normalized spacial score (nSPS) is 11.7. The molecule has 0 aromatic carbocycles. The molecule has 1 N–H and O–H groups in total. The molecule has 0 radical (unpaired) electrons. The van der Waals surface area contributed by atoms with Crippen LogP contribution in [0.2, 0.25) is 5.15 Å². The number of hydrogen-bond donors (Lipinski definition) is 1. The third-order valence-corrected chi connectivity index (χ3v) is 2.84. The van der Waals surface area contributed by atoms with Gasteiger partial charge >= 0.3 is 6.18 Å². The van der Waals surface area contributed by atoms with E-state index in [0.29, 0.717) is 11.1 Å². The van der Waals surface area contributed by atoms with Crippen molar-refractivity contribution in [2.45, 2.75) is 20.0 Å². The van der Waals surface area contributed by atoms with Crippen LogP contribution in [0.5, 0.6) is 0 Å². The van der Waals surface area contributed by atoms with E-state index in [2.05, 4.69) is 10.2 Å². The maximum atomic E-state index is 12.4. The first kappa shape index (κ1) is 15.0. The Hall–Kier alpha value is -1.08. The van der Waals surface area contributed by atoms with E-state index in [1.807, 2.05) is 0 Å². The molecule has 1 aromatic heterocycles. The summed E-state index contributed by atoms with van der Waals surface area (Å²) >= 11 is 5.74. The van der Waals surface area contributed by atoms with E-state index in [0.717, 1.165) is 4.90 Å². The van der Waals surface area contributed by atoms with Crippen LogP contribution < -0.4 is 4.90 Å². The van der Waals surface area contributed by atoms with Crippen molar-refractivity contribution in [2.24, 2.45) is 0 Å². The first-order valence-electron chi connectivity index (χ1n) is 5.18. The first-order valence-corrected chi connectivity index (χ1v) is 5.56. The number of aliphatic hydroxyl groups excluding tert-OH is 1. The maximum Gasteiger partial charge on any atom is 0.405 e. The highest BCUT2D eigenvalue weighted by Gasteiger charge is 2.32. The molecule has 0 atom stereocenters. The van der Waals surface area contributed by atoms with Gasteiger partial charge in [-0.3, -0.25) is 0 Å². The predicted molar refractivity (Wildman–Crippen MR) is 61.9 cm³/mol. The minimum Gasteiger partial charge on any atom is -0.395 e. The molecule has 0 saturated carbocycles. The van der Waals surface area contributed by atoms with Crippen LogP contribution in [-0.2, 0) is 0 Å². The van der Waals surface area contributed by atoms with Gasteiger partial charge in [-0.2, -0.15) is 13.2 Å². The number of rotatable bonds is 4. The zero-order valence-electron chi connectivity index (χ0n) is 9.92. The monoisotopic (exact) mass is 283 g/mol. The Morgan fingerprint density at radius 3 is 2.33 bits per heavy atom. The molecule has 0 spiro atoms. The van der Waals surface area contributed by atoms with E-state index < -0.39 is 19.3 Å². The van der Waals surface area contributed by atoms with Gasteiger partial charge in [0.2, 0.25) is 0 Å². The van der Waals surface area contributed by atoms with Crippen molar-refractivity contribution in [3.63, 3.8) is 0 Å². The predicted octanol–water partition coefficient (Wildman–Crippen LogP) is 2.11. The molecule has 0 aliphatic heterocycles. The maximum absolute atomic E-state index is 12.4. The fourth-order valence-electron chi connectivity index (χ4n) is 1.46. The van der Waals surface area contributed by atoms with Crippen molar-refractivity contribution in [1.29, 1.82) is 0 Å². The highest BCUT2D eigenvalue weighted by Crippen LogP contribution is 2.26. The zero-order valence-corrected chi connectivity index (χ0v) is 10.7. The van der Waals surface area contributed by atoms with Gasteiger partial charge in [0.15, 0.2) is 11.0 Å². The summed E-state index contributed by atoms with van der Waals surface area (Å²) in [6.07, 6.45) is -4.38. The number of anilines is 1. The van der Waals surface area contributed by atoms with Gasteiger partial charge < -0.3 is 10.0 Å². The molecule has 0 saturated heterocycles. The minimum absolute atomic E-state index is 0.0864. The molecule has 0 amide bonds. The van der Waals surface area contributed by atoms with Crippen LogP contribution in [0.3, 0.4) is 0 Å². The molecule has 0 bridgehead atoms. The van der Waals surface area contributed by atoms with Crippen molar-refractivity contribution in [1.82, 2.24) is 10.2 Å². The number of hydrogen-bond acceptors (Lipinski definition) is 4. The summed E-state index contributed by atoms with van der Waals surface area (Å²) in [6, 6.07) is 0. The standard InChI is InChI=1S/C10H13ClF3N3O/c1-6-7(2)9(16-15-8(6)11)17(3-4-18)5-10(12,13)14/h18H,3-5H2,1-2H3. The number of aromatic nitrogens is 2. The lowest BCUT2D eigenvalue weighted by atomic mass is 10.2. The minimum atomic E-state index is -4.38. The van der Waals surface area contributed by atoms with Crippen LogP contribution in [0, 0.1) is 13.8 Å². The van der Waals surface area contributed by atoms with Gasteiger partial charge in [0.1, 0.15) is 6.54 Å². The highest BCUT2D eigenvalue weighted by atomic mass is 35.5. The van der Waals surface area contributed by atoms with Crippen LogP contribution in [0.1, 0.15) is 11.1 Å². The Kier molecular flexibility index (Phi) is 4.75. The van der Waals surface area contributed by atoms with Gasteiger partial charge in [0.25, 0.3) is 0 Å². The summed E-state index contributed by atoms with van der Waals surface area (Å²) in [7, 11) is 0. The zero-order chi connectivity index (χ0) is 13.9. The van der Waals surface area contributed by atoms with E-state index >= 15 is 0 Å². The molecule has 102 valence electrons. The van der Waals surface area contributed by atoms with Gasteiger partial charge in [-0.1, -0.05) is 11.6 Å². The Labute approximate surface area is 107 Å². The SMILES string of the molecule is Cc1c(Cl)nnc(N(CCO)CC(F)(F)F)c1C. The van der Waals surface area contributed by atoms with Gasteiger partial charge in [-0.05, 0) is 25.0 Å². The second-order valence-electron chi connectivity index (χ2n) is 3.82. The van der Waals surface area contributed by atoms with E-state index in [9.17, 15) is 13.2 Å². The van der Waals surface area contributed by atoms with Crippen molar-refractivity contribution >= 4 is 17.4 Å². The fraction of sp³-hybridized carbons (Fsp3) is 0.600. The summed E-state index contributed by atoms with van der Waals surface area (Å²) in [5, 5.41) is 16.3. The first-order chi connectivity index (χ1) is 8.26. The Bertz CT molecular complexity index is 426. The molecule has 4 nitrogen and oxygen atoms in total. The third kappa shape index (κ3) is 3.71. The summed E-state index contributed by atoms with van der Waals surface area (Å²) < 4.78 is 37.3. The highest BCUT2D eigenvalue weighted by molar-refractivity contribution is 6.30. The van der Waals surface area contributed by atoms with E-state index in [1.54, 1.807) is 13.8 Å². The summed E-state index contributed by atoms with van der Waals surface area (Å²) in [4.78, 5) is 0.936. The molecule has 8 heteroatoms. The molecule has 0 unspecified atom stereocenters. The fourth-order valence-corrected chi connectivity index (χ4v) is 1.64. The average Bonchev–Trinajstić information content (AvgIpc) is 2.24. The summed E-state index contributed by atoms with van der Waals surface area (Å²) in [5.74, 6) is 0.0864. The topological polar surface area (TPSA) is 49.2 Å². The van der Waals surface area contributed by atoms with Crippen molar-refractivity contribution in [3.05, 3.63) is 16.3 Å². The largest absolute Gasteiger partial charge is 0.405 e. The second kappa shape index (κ2) is 5.71. The van der Waals surface area contributed by atoms with Crippen molar-refractivity contribution in [2.75, 3.05) is 24.6 Å². The third-order valence-electron chi connectivity index (χ3n) is 2.48. The smallest absolute Gasteiger partial charge is 0.395 e. The summed E-state index contributed by atoms with van der Waals surface area (Å²) in [5.41, 5.74) is 1.10. The van der Waals surface area contributed by atoms with Crippen LogP contribution in [-0.4, -0.2) is 41.2 Å². The van der Waals surface area contributed by atoms with Gasteiger partial charge in [0.05, 0.1) is 6.61 Å². The van der Waals surface area contributed by atoms with E-state index in [1.165, 1.54) is 0 Å². The van der Waals surface area contributed by atoms with Crippen LogP contribution in [0.25, 0.3) is 0 Å². The van der Waals surface area contributed by atoms with Gasteiger partial charge in [0, 0.05) is 6.54 Å². The van der Waals surface area contributed by atoms with Crippen molar-refractivity contribution in [3.8, 4) is 0 Å². The van der Waals surface area contributed by atoms with Crippen LogP contribution >= 0.6 is 11.6 Å². The molecule has 1 heterocycles. The van der Waals surface area contributed by atoms with E-state index in [4.69, 9.17) is 16.7 Å². The Morgan fingerprint density at radius 2 is 1.83 bits per heavy atom. The molecule has 18 heavy (non-hydrogen) atoms. The number of alkyl halides is 3. The summed E-state index contributed by atoms with van der Waals surface area (Å²) in [6.45, 7) is 1.51. The average molecular weight is 284 g/mol. The number of nitrogens with zero attached hydrogens (tertiary/aromatic N) is 3. The quantitative estimate of drug-likeness (QED) is 0.919. The lowest BCUT2D eigenvalue weighted by Gasteiger charge is -2.25. The Morgan fingerprint density at radius 1 is 1.22 bits per heavy atom. The molecule has 1 rings (SSSR count). The number of halogens is 4. The number of aliphatic hydroxyl groups is 1. The molecular weight excluding hydrogens is 271 g/mol. The second-order valence-corrected chi connectivity index (χ2v) is 4.18. The van der Waals surface area contributed by atoms with Gasteiger partial charge in [-0.15, -0.1) is 10.2 Å². The molecule has 0 fully saturated rings.